The largest absolute Gasteiger partial charge is 0.422 e. The molecule has 2 N–H and O–H groups in total. The Balaban J connectivity index is 1.80. The van der Waals surface area contributed by atoms with Gasteiger partial charge < -0.3 is 19.8 Å². The van der Waals surface area contributed by atoms with Crippen molar-refractivity contribution in [3.63, 3.8) is 0 Å². The van der Waals surface area contributed by atoms with Gasteiger partial charge in [-0.3, -0.25) is 0 Å². The SMILES string of the molecule is NCC[C@H]1CN(c2nc3ncccc3o2)CCO1. The summed E-state index contributed by atoms with van der Waals surface area (Å²) in [6.45, 7) is 2.86. The van der Waals surface area contributed by atoms with Gasteiger partial charge in [-0.05, 0) is 25.1 Å². The van der Waals surface area contributed by atoms with E-state index >= 15 is 0 Å². The van der Waals surface area contributed by atoms with E-state index in [4.69, 9.17) is 14.9 Å². The molecule has 2 aromatic rings. The average molecular weight is 248 g/mol. The number of hydrogen-bond acceptors (Lipinski definition) is 6. The number of pyridine rings is 1. The van der Waals surface area contributed by atoms with Crippen molar-refractivity contribution in [3.05, 3.63) is 18.3 Å². The Morgan fingerprint density at radius 3 is 3.28 bits per heavy atom. The molecule has 0 aliphatic carbocycles. The molecule has 0 bridgehead atoms. The topological polar surface area (TPSA) is 77.4 Å². The minimum Gasteiger partial charge on any atom is -0.422 e. The summed E-state index contributed by atoms with van der Waals surface area (Å²) in [5.74, 6) is 0. The smallest absolute Gasteiger partial charge is 0.300 e. The summed E-state index contributed by atoms with van der Waals surface area (Å²) < 4.78 is 11.3. The molecule has 0 unspecified atom stereocenters. The van der Waals surface area contributed by atoms with Crippen LogP contribution >= 0.6 is 0 Å². The monoisotopic (exact) mass is 248 g/mol. The van der Waals surface area contributed by atoms with Gasteiger partial charge in [-0.1, -0.05) is 0 Å². The third-order valence-electron chi connectivity index (χ3n) is 3.05. The van der Waals surface area contributed by atoms with Crippen molar-refractivity contribution >= 4 is 17.2 Å². The standard InChI is InChI=1S/C12H16N4O2/c13-4-3-9-8-16(6-7-17-9)12-15-11-10(18-12)2-1-5-14-11/h1-2,5,9H,3-4,6-8,13H2/t9-/m0/s1. The van der Waals surface area contributed by atoms with Crippen LogP contribution in [0.1, 0.15) is 6.42 Å². The lowest BCUT2D eigenvalue weighted by atomic mass is 10.2. The summed E-state index contributed by atoms with van der Waals surface area (Å²) in [4.78, 5) is 10.7. The van der Waals surface area contributed by atoms with Crippen LogP contribution in [0.2, 0.25) is 0 Å². The van der Waals surface area contributed by atoms with Crippen LogP contribution in [0.15, 0.2) is 22.7 Å². The second kappa shape index (κ2) is 4.91. The summed E-state index contributed by atoms with van der Waals surface area (Å²) in [7, 11) is 0. The first kappa shape index (κ1) is 11.4. The predicted molar refractivity (Wildman–Crippen MR) is 67.4 cm³/mol. The maximum absolute atomic E-state index is 5.70. The Morgan fingerprint density at radius 1 is 1.50 bits per heavy atom. The molecule has 6 heteroatoms. The molecular formula is C12H16N4O2. The number of ether oxygens (including phenoxy) is 1. The van der Waals surface area contributed by atoms with Gasteiger partial charge >= 0.3 is 0 Å². The van der Waals surface area contributed by atoms with Crippen LogP contribution in [-0.4, -0.2) is 42.3 Å². The van der Waals surface area contributed by atoms with Crippen LogP contribution in [0.5, 0.6) is 0 Å². The summed E-state index contributed by atoms with van der Waals surface area (Å²) in [6.07, 6.45) is 2.73. The first-order valence-corrected chi connectivity index (χ1v) is 6.15. The Labute approximate surface area is 105 Å². The van der Waals surface area contributed by atoms with Gasteiger partial charge in [0.2, 0.25) is 5.65 Å². The number of oxazole rings is 1. The minimum atomic E-state index is 0.159. The van der Waals surface area contributed by atoms with E-state index in [9.17, 15) is 0 Å². The molecule has 3 heterocycles. The second-order valence-corrected chi connectivity index (χ2v) is 4.34. The fraction of sp³-hybridized carbons (Fsp3) is 0.500. The molecule has 1 atom stereocenters. The van der Waals surface area contributed by atoms with Gasteiger partial charge in [0.05, 0.1) is 12.7 Å². The average Bonchev–Trinajstić information content (AvgIpc) is 2.83. The molecule has 3 rings (SSSR count). The van der Waals surface area contributed by atoms with E-state index in [1.165, 1.54) is 0 Å². The fourth-order valence-corrected chi connectivity index (χ4v) is 2.15. The minimum absolute atomic E-state index is 0.159. The van der Waals surface area contributed by atoms with Crippen molar-refractivity contribution in [1.82, 2.24) is 9.97 Å². The molecule has 6 nitrogen and oxygen atoms in total. The van der Waals surface area contributed by atoms with Gasteiger partial charge in [0, 0.05) is 19.3 Å². The van der Waals surface area contributed by atoms with E-state index in [2.05, 4.69) is 14.9 Å². The number of anilines is 1. The zero-order valence-corrected chi connectivity index (χ0v) is 10.1. The number of hydrogen-bond donors (Lipinski definition) is 1. The maximum atomic E-state index is 5.70. The molecule has 0 amide bonds. The molecule has 1 aliphatic rings. The van der Waals surface area contributed by atoms with E-state index < -0.39 is 0 Å². The van der Waals surface area contributed by atoms with E-state index in [1.54, 1.807) is 6.20 Å². The summed E-state index contributed by atoms with van der Waals surface area (Å²) >= 11 is 0. The van der Waals surface area contributed by atoms with Crippen LogP contribution in [0.3, 0.4) is 0 Å². The Kier molecular flexibility index (Phi) is 3.12. The van der Waals surface area contributed by atoms with E-state index in [0.717, 1.165) is 25.1 Å². The van der Waals surface area contributed by atoms with Crippen LogP contribution in [0.4, 0.5) is 6.01 Å². The lowest BCUT2D eigenvalue weighted by Crippen LogP contribution is -2.43. The zero-order valence-electron chi connectivity index (χ0n) is 10.1. The molecule has 2 aromatic heterocycles. The maximum Gasteiger partial charge on any atom is 0.300 e. The van der Waals surface area contributed by atoms with Crippen LogP contribution < -0.4 is 10.6 Å². The first-order valence-electron chi connectivity index (χ1n) is 6.15. The summed E-state index contributed by atoms with van der Waals surface area (Å²) in [6, 6.07) is 4.33. The lowest BCUT2D eigenvalue weighted by Gasteiger charge is -2.31. The van der Waals surface area contributed by atoms with Gasteiger partial charge in [-0.25, -0.2) is 4.98 Å². The highest BCUT2D eigenvalue weighted by Crippen LogP contribution is 2.22. The molecule has 1 fully saturated rings. The van der Waals surface area contributed by atoms with Crippen LogP contribution in [0.25, 0.3) is 11.2 Å². The lowest BCUT2D eigenvalue weighted by molar-refractivity contribution is 0.0353. The normalized spacial score (nSPS) is 20.5. The van der Waals surface area contributed by atoms with Crippen molar-refractivity contribution in [2.24, 2.45) is 5.73 Å². The molecular weight excluding hydrogens is 232 g/mol. The van der Waals surface area contributed by atoms with Gasteiger partial charge in [0.15, 0.2) is 5.58 Å². The number of aromatic nitrogens is 2. The highest BCUT2D eigenvalue weighted by Gasteiger charge is 2.23. The molecule has 0 aromatic carbocycles. The number of nitrogens with zero attached hydrogens (tertiary/aromatic N) is 3. The third kappa shape index (κ3) is 2.16. The van der Waals surface area contributed by atoms with Crippen LogP contribution in [-0.2, 0) is 4.74 Å². The predicted octanol–water partition coefficient (Wildman–Crippen LogP) is 0.777. The molecule has 1 saturated heterocycles. The fourth-order valence-electron chi connectivity index (χ4n) is 2.15. The van der Waals surface area contributed by atoms with E-state index in [1.807, 2.05) is 12.1 Å². The van der Waals surface area contributed by atoms with Crippen molar-refractivity contribution in [2.45, 2.75) is 12.5 Å². The summed E-state index contributed by atoms with van der Waals surface area (Å²) in [5.41, 5.74) is 6.92. The highest BCUT2D eigenvalue weighted by atomic mass is 16.5. The number of nitrogens with two attached hydrogens (primary N) is 1. The molecule has 18 heavy (non-hydrogen) atoms. The number of fused-ring (bicyclic) bond motifs is 1. The van der Waals surface area contributed by atoms with Crippen molar-refractivity contribution in [3.8, 4) is 0 Å². The zero-order chi connectivity index (χ0) is 12.4. The third-order valence-corrected chi connectivity index (χ3v) is 3.05. The highest BCUT2D eigenvalue weighted by molar-refractivity contribution is 5.69. The van der Waals surface area contributed by atoms with Crippen molar-refractivity contribution in [2.75, 3.05) is 31.1 Å². The molecule has 0 radical (unpaired) electrons. The summed E-state index contributed by atoms with van der Waals surface area (Å²) in [5, 5.41) is 0. The van der Waals surface area contributed by atoms with Gasteiger partial charge in [0.25, 0.3) is 6.01 Å². The molecule has 96 valence electrons. The quantitative estimate of drug-likeness (QED) is 0.864. The molecule has 0 saturated carbocycles. The first-order chi connectivity index (χ1) is 8.86. The van der Waals surface area contributed by atoms with E-state index in [-0.39, 0.29) is 6.10 Å². The van der Waals surface area contributed by atoms with Crippen LogP contribution in [0, 0.1) is 0 Å². The number of rotatable bonds is 3. The Morgan fingerprint density at radius 2 is 2.44 bits per heavy atom. The Bertz CT molecular complexity index is 493. The van der Waals surface area contributed by atoms with Gasteiger partial charge in [-0.2, -0.15) is 4.98 Å². The van der Waals surface area contributed by atoms with Crippen molar-refractivity contribution < 1.29 is 9.15 Å². The van der Waals surface area contributed by atoms with E-state index in [0.29, 0.717) is 24.8 Å². The molecule has 0 spiro atoms. The molecule has 1 aliphatic heterocycles. The Hall–Kier alpha value is -1.66. The van der Waals surface area contributed by atoms with Gasteiger partial charge in [-0.15, -0.1) is 0 Å². The second-order valence-electron chi connectivity index (χ2n) is 4.34. The van der Waals surface area contributed by atoms with Gasteiger partial charge in [0.1, 0.15) is 0 Å². The number of morpholine rings is 1. The van der Waals surface area contributed by atoms with Crippen molar-refractivity contribution in [1.29, 1.82) is 0 Å².